The number of aromatic nitrogens is 1. The van der Waals surface area contributed by atoms with E-state index in [2.05, 4.69) is 38.8 Å². The summed E-state index contributed by atoms with van der Waals surface area (Å²) in [6.45, 7) is 12.2. The van der Waals surface area contributed by atoms with Gasteiger partial charge < -0.3 is 4.43 Å². The van der Waals surface area contributed by atoms with E-state index in [1.807, 2.05) is 6.07 Å². The zero-order valence-electron chi connectivity index (χ0n) is 13.2. The molecular weight excluding hydrogens is 269 g/mol. The van der Waals surface area contributed by atoms with Crippen molar-refractivity contribution in [1.29, 1.82) is 0 Å². The maximum atomic E-state index is 12.8. The molecule has 0 aliphatic heterocycles. The van der Waals surface area contributed by atoms with Crippen LogP contribution in [0.3, 0.4) is 0 Å². The first-order chi connectivity index (χ1) is 9.21. The summed E-state index contributed by atoms with van der Waals surface area (Å²) in [6.07, 6.45) is 3.97. The number of hydrogen-bond donors (Lipinski definition) is 0. The maximum absolute atomic E-state index is 12.8. The van der Waals surface area contributed by atoms with E-state index in [0.717, 1.165) is 13.0 Å². The molecule has 1 saturated carbocycles. The molecule has 4 heteroatoms. The van der Waals surface area contributed by atoms with Crippen LogP contribution < -0.4 is 0 Å². The van der Waals surface area contributed by atoms with Gasteiger partial charge in [0, 0.05) is 12.8 Å². The third-order valence-electron chi connectivity index (χ3n) is 4.86. The molecular formula is C16H26FNOSi. The maximum Gasteiger partial charge on any atom is 0.212 e. The molecule has 20 heavy (non-hydrogen) atoms. The minimum absolute atomic E-state index is 0.275. The Morgan fingerprint density at radius 2 is 2.05 bits per heavy atom. The van der Waals surface area contributed by atoms with Gasteiger partial charge in [-0.15, -0.1) is 0 Å². The van der Waals surface area contributed by atoms with Crippen molar-refractivity contribution < 1.29 is 8.82 Å². The highest BCUT2D eigenvalue weighted by molar-refractivity contribution is 6.74. The lowest BCUT2D eigenvalue weighted by Crippen LogP contribution is -2.41. The molecule has 1 aliphatic rings. The minimum atomic E-state index is -1.61. The molecule has 2 rings (SSSR count). The first kappa shape index (κ1) is 15.6. The summed E-state index contributed by atoms with van der Waals surface area (Å²) in [6, 6.07) is 3.32. The molecule has 112 valence electrons. The van der Waals surface area contributed by atoms with Crippen molar-refractivity contribution in [2.45, 2.75) is 57.7 Å². The molecule has 1 aromatic heterocycles. The largest absolute Gasteiger partial charge is 0.417 e. The summed E-state index contributed by atoms with van der Waals surface area (Å²) in [7, 11) is -1.61. The highest BCUT2D eigenvalue weighted by Gasteiger charge is 2.40. The lowest BCUT2D eigenvalue weighted by atomic mass is 10.1. The van der Waals surface area contributed by atoms with E-state index < -0.39 is 14.3 Å². The number of nitrogens with zero attached hydrogens (tertiary/aromatic N) is 1. The number of hydrogen-bond acceptors (Lipinski definition) is 2. The van der Waals surface area contributed by atoms with E-state index >= 15 is 0 Å². The average molecular weight is 295 g/mol. The van der Waals surface area contributed by atoms with Crippen molar-refractivity contribution in [2.75, 3.05) is 6.61 Å². The summed E-state index contributed by atoms with van der Waals surface area (Å²) in [5, 5.41) is 0.275. The van der Waals surface area contributed by atoms with Crippen LogP contribution in [-0.2, 0) is 4.43 Å². The number of pyridine rings is 1. The van der Waals surface area contributed by atoms with E-state index in [-0.39, 0.29) is 5.04 Å². The molecule has 1 heterocycles. The Kier molecular flexibility index (Phi) is 4.35. The number of rotatable bonds is 5. The van der Waals surface area contributed by atoms with Crippen LogP contribution in [-0.4, -0.2) is 19.9 Å². The van der Waals surface area contributed by atoms with Gasteiger partial charge in [-0.25, -0.2) is 4.98 Å². The monoisotopic (exact) mass is 295 g/mol. The fourth-order valence-corrected chi connectivity index (χ4v) is 3.32. The van der Waals surface area contributed by atoms with Crippen LogP contribution in [0.15, 0.2) is 18.3 Å². The van der Waals surface area contributed by atoms with Gasteiger partial charge in [0.1, 0.15) is 0 Å². The van der Waals surface area contributed by atoms with Gasteiger partial charge in [-0.05, 0) is 54.4 Å². The van der Waals surface area contributed by atoms with Gasteiger partial charge in [0.2, 0.25) is 5.95 Å². The van der Waals surface area contributed by atoms with Crippen molar-refractivity contribution in [1.82, 2.24) is 4.98 Å². The minimum Gasteiger partial charge on any atom is -0.417 e. The van der Waals surface area contributed by atoms with Gasteiger partial charge in [-0.1, -0.05) is 26.8 Å². The molecule has 0 spiro atoms. The van der Waals surface area contributed by atoms with Crippen molar-refractivity contribution in [2.24, 2.45) is 5.92 Å². The molecule has 2 nitrogen and oxygen atoms in total. The van der Waals surface area contributed by atoms with Crippen LogP contribution in [0.2, 0.25) is 18.1 Å². The van der Waals surface area contributed by atoms with Crippen LogP contribution in [0.5, 0.6) is 0 Å². The molecule has 0 aromatic carbocycles. The lowest BCUT2D eigenvalue weighted by Gasteiger charge is -2.36. The highest BCUT2D eigenvalue weighted by Crippen LogP contribution is 2.49. The molecule has 2 atom stereocenters. The molecule has 0 unspecified atom stereocenters. The second-order valence-corrected chi connectivity index (χ2v) is 12.2. The summed E-state index contributed by atoms with van der Waals surface area (Å²) in [4.78, 5) is 3.74. The highest BCUT2D eigenvalue weighted by atomic mass is 28.4. The van der Waals surface area contributed by atoms with Gasteiger partial charge in [0.15, 0.2) is 8.32 Å². The Hall–Kier alpha value is -0.743. The first-order valence-electron chi connectivity index (χ1n) is 7.46. The third-order valence-corrected chi connectivity index (χ3v) is 9.40. The number of halogens is 1. The molecule has 1 aromatic rings. The van der Waals surface area contributed by atoms with Crippen LogP contribution in [0.1, 0.15) is 45.1 Å². The van der Waals surface area contributed by atoms with E-state index in [9.17, 15) is 4.39 Å². The molecule has 0 radical (unpaired) electrons. The topological polar surface area (TPSA) is 22.1 Å². The second-order valence-electron chi connectivity index (χ2n) is 7.41. The standard InChI is InChI=1S/C16H26FNOSi/c1-16(2,3)20(4,5)19-9-8-12-10-14(12)13-6-7-15(17)18-11-13/h6-7,11-12,14H,8-10H2,1-5H3/t12-,14-/m1/s1. The van der Waals surface area contributed by atoms with E-state index in [0.29, 0.717) is 11.8 Å². The van der Waals surface area contributed by atoms with Gasteiger partial charge in [-0.3, -0.25) is 0 Å². The van der Waals surface area contributed by atoms with Gasteiger partial charge >= 0.3 is 0 Å². The fourth-order valence-electron chi connectivity index (χ4n) is 2.26. The molecule has 0 saturated heterocycles. The Balaban J connectivity index is 1.77. The summed E-state index contributed by atoms with van der Waals surface area (Å²) in [5.41, 5.74) is 1.17. The molecule has 0 N–H and O–H groups in total. The van der Waals surface area contributed by atoms with Crippen LogP contribution >= 0.6 is 0 Å². The first-order valence-corrected chi connectivity index (χ1v) is 10.4. The Morgan fingerprint density at radius 3 is 2.60 bits per heavy atom. The van der Waals surface area contributed by atoms with Crippen molar-refractivity contribution in [3.63, 3.8) is 0 Å². The normalized spacial score (nSPS) is 22.9. The van der Waals surface area contributed by atoms with Crippen molar-refractivity contribution >= 4 is 8.32 Å². The molecule has 1 fully saturated rings. The SMILES string of the molecule is CC(C)(C)[Si](C)(C)OCC[C@@H]1C[C@H]1c1ccc(F)nc1. The predicted molar refractivity (Wildman–Crippen MR) is 82.8 cm³/mol. The Bertz CT molecular complexity index is 453. The van der Waals surface area contributed by atoms with Crippen LogP contribution in [0.25, 0.3) is 0 Å². The molecule has 0 amide bonds. The van der Waals surface area contributed by atoms with Crippen LogP contribution in [0.4, 0.5) is 4.39 Å². The Labute approximate surface area is 122 Å². The quantitative estimate of drug-likeness (QED) is 0.578. The fraction of sp³-hybridized carbons (Fsp3) is 0.688. The predicted octanol–water partition coefficient (Wildman–Crippen LogP) is 4.74. The van der Waals surface area contributed by atoms with Crippen LogP contribution in [0, 0.1) is 11.9 Å². The zero-order valence-corrected chi connectivity index (χ0v) is 14.2. The van der Waals surface area contributed by atoms with Crippen molar-refractivity contribution in [3.05, 3.63) is 29.8 Å². The summed E-state index contributed by atoms with van der Waals surface area (Å²) >= 11 is 0. The Morgan fingerprint density at radius 1 is 1.35 bits per heavy atom. The second kappa shape index (κ2) is 5.56. The summed E-state index contributed by atoms with van der Waals surface area (Å²) in [5.74, 6) is 0.852. The van der Waals surface area contributed by atoms with E-state index in [1.54, 1.807) is 6.20 Å². The average Bonchev–Trinajstić information content (AvgIpc) is 3.08. The molecule has 1 aliphatic carbocycles. The van der Waals surface area contributed by atoms with E-state index in [4.69, 9.17) is 4.43 Å². The zero-order chi connectivity index (χ0) is 15.0. The van der Waals surface area contributed by atoms with Crippen molar-refractivity contribution in [3.8, 4) is 0 Å². The van der Waals surface area contributed by atoms with Gasteiger partial charge in [-0.2, -0.15) is 4.39 Å². The lowest BCUT2D eigenvalue weighted by molar-refractivity contribution is 0.274. The van der Waals surface area contributed by atoms with Gasteiger partial charge in [0.25, 0.3) is 0 Å². The van der Waals surface area contributed by atoms with Gasteiger partial charge in [0.05, 0.1) is 0 Å². The van der Waals surface area contributed by atoms with E-state index in [1.165, 1.54) is 18.1 Å². The molecule has 0 bridgehead atoms. The summed E-state index contributed by atoms with van der Waals surface area (Å²) < 4.78 is 19.0. The third kappa shape index (κ3) is 3.67. The smallest absolute Gasteiger partial charge is 0.212 e.